The Balaban J connectivity index is 1.79. The van der Waals surface area contributed by atoms with Gasteiger partial charge in [-0.3, -0.25) is 4.79 Å². The molecule has 0 unspecified atom stereocenters. The summed E-state index contributed by atoms with van der Waals surface area (Å²) in [6, 6.07) is 4.06. The van der Waals surface area contributed by atoms with E-state index in [-0.39, 0.29) is 5.56 Å². The van der Waals surface area contributed by atoms with Gasteiger partial charge in [-0.05, 0) is 54.8 Å². The molecule has 0 atom stereocenters. The molecule has 3 heterocycles. The Morgan fingerprint density at radius 1 is 1.18 bits per heavy atom. The quantitative estimate of drug-likeness (QED) is 0.705. The van der Waals surface area contributed by atoms with Gasteiger partial charge in [-0.1, -0.05) is 12.5 Å². The van der Waals surface area contributed by atoms with Crippen LogP contribution in [0.2, 0.25) is 0 Å². The second-order valence-electron chi connectivity index (χ2n) is 5.54. The molecule has 0 aromatic carbocycles. The van der Waals surface area contributed by atoms with Crippen LogP contribution in [0, 0.1) is 0 Å². The van der Waals surface area contributed by atoms with Crippen LogP contribution in [-0.4, -0.2) is 9.97 Å². The first kappa shape index (κ1) is 13.9. The second kappa shape index (κ2) is 5.82. The van der Waals surface area contributed by atoms with E-state index in [0.717, 1.165) is 27.9 Å². The number of nitrogens with one attached hydrogen (secondary N) is 1. The number of hydrogen-bond acceptors (Lipinski definition) is 4. The molecule has 0 bridgehead atoms. The topological polar surface area (TPSA) is 45.8 Å². The van der Waals surface area contributed by atoms with E-state index >= 15 is 0 Å². The Bertz CT molecular complexity index is 887. The van der Waals surface area contributed by atoms with Crippen molar-refractivity contribution < 1.29 is 0 Å². The Kier molecular flexibility index (Phi) is 3.68. The van der Waals surface area contributed by atoms with Gasteiger partial charge in [0.15, 0.2) is 0 Å². The van der Waals surface area contributed by atoms with E-state index in [1.165, 1.54) is 29.7 Å². The van der Waals surface area contributed by atoms with Gasteiger partial charge in [-0.15, -0.1) is 22.7 Å². The fourth-order valence-corrected chi connectivity index (χ4v) is 4.87. The fraction of sp³-hybridized carbons (Fsp3) is 0.294. The highest BCUT2D eigenvalue weighted by Crippen LogP contribution is 2.32. The number of H-pyrrole nitrogens is 1. The third-order valence-corrected chi connectivity index (χ3v) is 6.07. The van der Waals surface area contributed by atoms with Gasteiger partial charge in [0.25, 0.3) is 5.56 Å². The van der Waals surface area contributed by atoms with E-state index in [0.29, 0.717) is 5.82 Å². The number of aromatic amines is 1. The summed E-state index contributed by atoms with van der Waals surface area (Å²) >= 11 is 3.37. The van der Waals surface area contributed by atoms with Crippen molar-refractivity contribution >= 4 is 45.0 Å². The average Bonchev–Trinajstić information content (AvgIpc) is 3.08. The maximum absolute atomic E-state index is 12.5. The van der Waals surface area contributed by atoms with Crippen molar-refractivity contribution in [2.75, 3.05) is 0 Å². The van der Waals surface area contributed by atoms with E-state index in [1.807, 2.05) is 29.7 Å². The minimum atomic E-state index is 0.00947. The molecule has 4 rings (SSSR count). The lowest BCUT2D eigenvalue weighted by Crippen LogP contribution is -2.10. The Labute approximate surface area is 136 Å². The zero-order valence-electron chi connectivity index (χ0n) is 12.1. The normalized spacial score (nSPS) is 15.3. The van der Waals surface area contributed by atoms with Crippen molar-refractivity contribution in [1.82, 2.24) is 9.97 Å². The lowest BCUT2D eigenvalue weighted by molar-refractivity contribution is 0.713. The lowest BCUT2D eigenvalue weighted by atomic mass is 10.1. The number of thiophene rings is 2. The summed E-state index contributed by atoms with van der Waals surface area (Å²) in [6.07, 6.45) is 9.66. The third kappa shape index (κ3) is 2.55. The van der Waals surface area contributed by atoms with Gasteiger partial charge < -0.3 is 4.98 Å². The molecule has 0 fully saturated rings. The molecule has 0 spiro atoms. The third-order valence-electron chi connectivity index (χ3n) is 4.04. The number of aryl methyl sites for hydroxylation is 2. The van der Waals surface area contributed by atoms with Gasteiger partial charge in [-0.25, -0.2) is 4.98 Å². The molecule has 0 amide bonds. The number of fused-ring (bicyclic) bond motifs is 3. The molecule has 3 aromatic heterocycles. The molecule has 0 radical (unpaired) electrons. The molecule has 0 aliphatic heterocycles. The van der Waals surface area contributed by atoms with E-state index < -0.39 is 0 Å². The van der Waals surface area contributed by atoms with Crippen LogP contribution in [0.25, 0.3) is 22.4 Å². The van der Waals surface area contributed by atoms with Crippen LogP contribution in [0.15, 0.2) is 22.3 Å². The van der Waals surface area contributed by atoms with Gasteiger partial charge in [-0.2, -0.15) is 0 Å². The molecule has 0 saturated heterocycles. The summed E-state index contributed by atoms with van der Waals surface area (Å²) < 4.78 is 0. The van der Waals surface area contributed by atoms with E-state index in [1.54, 1.807) is 22.7 Å². The predicted octanol–water partition coefficient (Wildman–Crippen LogP) is 4.49. The second-order valence-corrected chi connectivity index (χ2v) is 7.61. The first-order chi connectivity index (χ1) is 10.8. The maximum Gasteiger partial charge on any atom is 0.260 e. The SMILES string of the molecule is O=c1[nH]c(/C=C/c2cccs2)nc2sc3c(c12)CCCCC3. The first-order valence-electron chi connectivity index (χ1n) is 7.57. The van der Waals surface area contributed by atoms with Crippen LogP contribution in [0.5, 0.6) is 0 Å². The minimum absolute atomic E-state index is 0.00947. The van der Waals surface area contributed by atoms with Crippen LogP contribution < -0.4 is 5.56 Å². The summed E-state index contributed by atoms with van der Waals surface area (Å²) in [6.45, 7) is 0. The van der Waals surface area contributed by atoms with Gasteiger partial charge in [0.05, 0.1) is 5.39 Å². The Morgan fingerprint density at radius 2 is 2.09 bits per heavy atom. The Hall–Kier alpha value is -1.72. The Morgan fingerprint density at radius 3 is 2.95 bits per heavy atom. The molecule has 0 saturated carbocycles. The number of rotatable bonds is 2. The first-order valence-corrected chi connectivity index (χ1v) is 9.27. The summed E-state index contributed by atoms with van der Waals surface area (Å²) in [5.41, 5.74) is 1.26. The standard InChI is InChI=1S/C17H16N2OS2/c20-16-15-12-6-2-1-3-7-13(12)22-17(15)19-14(18-16)9-8-11-5-4-10-21-11/h4-5,8-10H,1-3,6-7H2,(H,18,19,20)/b9-8+. The number of nitrogens with zero attached hydrogens (tertiary/aromatic N) is 1. The van der Waals surface area contributed by atoms with Crippen molar-refractivity contribution in [3.63, 3.8) is 0 Å². The van der Waals surface area contributed by atoms with Crippen molar-refractivity contribution in [3.05, 3.63) is 49.0 Å². The molecule has 1 aliphatic rings. The van der Waals surface area contributed by atoms with Crippen LogP contribution in [-0.2, 0) is 12.8 Å². The van der Waals surface area contributed by atoms with Crippen LogP contribution >= 0.6 is 22.7 Å². The molecule has 1 N–H and O–H groups in total. The highest BCUT2D eigenvalue weighted by atomic mass is 32.1. The summed E-state index contributed by atoms with van der Waals surface area (Å²) in [7, 11) is 0. The van der Waals surface area contributed by atoms with Gasteiger partial charge >= 0.3 is 0 Å². The maximum atomic E-state index is 12.5. The minimum Gasteiger partial charge on any atom is -0.306 e. The molecular weight excluding hydrogens is 312 g/mol. The summed E-state index contributed by atoms with van der Waals surface area (Å²) in [5.74, 6) is 0.641. The molecule has 5 heteroatoms. The van der Waals surface area contributed by atoms with Crippen molar-refractivity contribution in [2.24, 2.45) is 0 Å². The largest absolute Gasteiger partial charge is 0.306 e. The highest BCUT2D eigenvalue weighted by molar-refractivity contribution is 7.18. The van der Waals surface area contributed by atoms with Gasteiger partial charge in [0.2, 0.25) is 0 Å². The molecule has 3 nitrogen and oxygen atoms in total. The molecule has 112 valence electrons. The monoisotopic (exact) mass is 328 g/mol. The van der Waals surface area contributed by atoms with Crippen molar-refractivity contribution in [3.8, 4) is 0 Å². The lowest BCUT2D eigenvalue weighted by Gasteiger charge is -1.98. The van der Waals surface area contributed by atoms with E-state index in [9.17, 15) is 4.79 Å². The summed E-state index contributed by atoms with van der Waals surface area (Å²) in [5, 5.41) is 2.87. The predicted molar refractivity (Wildman–Crippen MR) is 94.7 cm³/mol. The molecular formula is C17H16N2OS2. The van der Waals surface area contributed by atoms with Crippen molar-refractivity contribution in [2.45, 2.75) is 32.1 Å². The molecule has 1 aliphatic carbocycles. The zero-order chi connectivity index (χ0) is 14.9. The number of aromatic nitrogens is 2. The highest BCUT2D eigenvalue weighted by Gasteiger charge is 2.18. The van der Waals surface area contributed by atoms with E-state index in [4.69, 9.17) is 0 Å². The van der Waals surface area contributed by atoms with Crippen LogP contribution in [0.3, 0.4) is 0 Å². The molecule has 22 heavy (non-hydrogen) atoms. The smallest absolute Gasteiger partial charge is 0.260 e. The number of hydrogen-bond donors (Lipinski definition) is 1. The van der Waals surface area contributed by atoms with Crippen LogP contribution in [0.4, 0.5) is 0 Å². The average molecular weight is 328 g/mol. The van der Waals surface area contributed by atoms with Crippen molar-refractivity contribution in [1.29, 1.82) is 0 Å². The fourth-order valence-electron chi connectivity index (χ4n) is 2.98. The van der Waals surface area contributed by atoms with Gasteiger partial charge in [0, 0.05) is 9.75 Å². The molecule has 3 aromatic rings. The summed E-state index contributed by atoms with van der Waals surface area (Å²) in [4.78, 5) is 23.5. The van der Waals surface area contributed by atoms with E-state index in [2.05, 4.69) is 9.97 Å². The zero-order valence-corrected chi connectivity index (χ0v) is 13.7. The van der Waals surface area contributed by atoms with Gasteiger partial charge in [0.1, 0.15) is 10.7 Å². The van der Waals surface area contributed by atoms with Crippen LogP contribution in [0.1, 0.15) is 40.4 Å².